The van der Waals surface area contributed by atoms with Crippen LogP contribution in [0.25, 0.3) is 0 Å². The maximum atomic E-state index is 12.2. The van der Waals surface area contributed by atoms with E-state index in [4.69, 9.17) is 14.2 Å². The molecule has 0 aliphatic heterocycles. The van der Waals surface area contributed by atoms with E-state index < -0.39 is 0 Å². The second kappa shape index (κ2) is 10.5. The molecule has 0 saturated heterocycles. The molecule has 0 unspecified atom stereocenters. The molecule has 154 valence electrons. The number of carbonyl (C=O) groups excluding carboxylic acids is 1. The van der Waals surface area contributed by atoms with E-state index in [1.807, 2.05) is 48.5 Å². The highest BCUT2D eigenvalue weighted by Gasteiger charge is 2.07. The topological polar surface area (TPSA) is 69.2 Å². The monoisotopic (exact) mass is 468 g/mol. The largest absolute Gasteiger partial charge is 0.497 e. The number of methoxy groups -OCH3 is 2. The molecule has 3 rings (SSSR count). The Morgan fingerprint density at radius 2 is 1.77 bits per heavy atom. The number of carbonyl (C=O) groups is 1. The number of hydrogen-bond donors (Lipinski definition) is 1. The van der Waals surface area contributed by atoms with Crippen molar-refractivity contribution in [3.8, 4) is 17.2 Å². The molecular weight excluding hydrogens is 448 g/mol. The van der Waals surface area contributed by atoms with E-state index in [1.165, 1.54) is 0 Å². The van der Waals surface area contributed by atoms with Crippen molar-refractivity contribution in [3.05, 3.63) is 87.9 Å². The Balaban J connectivity index is 1.65. The van der Waals surface area contributed by atoms with Crippen LogP contribution in [0, 0.1) is 0 Å². The fraction of sp³-hybridized carbons (Fsp3) is 0.130. The van der Waals surface area contributed by atoms with Crippen molar-refractivity contribution < 1.29 is 19.0 Å². The molecule has 0 atom stereocenters. The fourth-order valence-electron chi connectivity index (χ4n) is 2.68. The summed E-state index contributed by atoms with van der Waals surface area (Å²) < 4.78 is 17.2. The first kappa shape index (κ1) is 21.4. The molecule has 0 saturated carbocycles. The molecule has 0 radical (unpaired) electrons. The van der Waals surface area contributed by atoms with Crippen molar-refractivity contribution in [2.24, 2.45) is 5.10 Å². The van der Waals surface area contributed by atoms with E-state index in [9.17, 15) is 4.79 Å². The van der Waals surface area contributed by atoms with E-state index in [0.29, 0.717) is 17.9 Å². The summed E-state index contributed by atoms with van der Waals surface area (Å²) >= 11 is 3.35. The Hall–Kier alpha value is -3.32. The van der Waals surface area contributed by atoms with Gasteiger partial charge in [-0.05, 0) is 66.2 Å². The highest BCUT2D eigenvalue weighted by Crippen LogP contribution is 2.23. The van der Waals surface area contributed by atoms with E-state index in [-0.39, 0.29) is 5.91 Å². The molecule has 3 aromatic carbocycles. The quantitative estimate of drug-likeness (QED) is 0.380. The molecule has 0 bridgehead atoms. The summed E-state index contributed by atoms with van der Waals surface area (Å²) in [4.78, 5) is 12.2. The van der Waals surface area contributed by atoms with Crippen molar-refractivity contribution in [2.45, 2.75) is 6.61 Å². The minimum absolute atomic E-state index is 0.288. The first-order valence-corrected chi connectivity index (χ1v) is 9.91. The zero-order valence-corrected chi connectivity index (χ0v) is 18.2. The molecule has 1 amide bonds. The van der Waals surface area contributed by atoms with Crippen LogP contribution in [0.2, 0.25) is 0 Å². The molecule has 3 aromatic rings. The number of nitrogens with zero attached hydrogens (tertiary/aromatic N) is 1. The van der Waals surface area contributed by atoms with Crippen molar-refractivity contribution in [1.82, 2.24) is 5.43 Å². The van der Waals surface area contributed by atoms with Gasteiger partial charge in [0.05, 0.1) is 20.4 Å². The Labute approximate surface area is 183 Å². The first-order chi connectivity index (χ1) is 14.6. The molecule has 0 fully saturated rings. The van der Waals surface area contributed by atoms with Gasteiger partial charge in [-0.1, -0.05) is 22.0 Å². The smallest absolute Gasteiger partial charge is 0.271 e. The summed E-state index contributed by atoms with van der Waals surface area (Å²) in [5.74, 6) is 1.91. The third-order valence-corrected chi connectivity index (χ3v) is 4.72. The Morgan fingerprint density at radius 1 is 1.00 bits per heavy atom. The predicted octanol–water partition coefficient (Wildman–Crippen LogP) is 4.81. The summed E-state index contributed by atoms with van der Waals surface area (Å²) in [5, 5.41) is 4.05. The van der Waals surface area contributed by atoms with Crippen molar-refractivity contribution >= 4 is 28.1 Å². The number of rotatable bonds is 8. The predicted molar refractivity (Wildman–Crippen MR) is 120 cm³/mol. The minimum Gasteiger partial charge on any atom is -0.497 e. The van der Waals surface area contributed by atoms with Crippen LogP contribution in [0.1, 0.15) is 21.5 Å². The molecule has 0 aliphatic carbocycles. The summed E-state index contributed by atoms with van der Waals surface area (Å²) in [6.07, 6.45) is 1.58. The number of hydrazone groups is 1. The summed E-state index contributed by atoms with van der Waals surface area (Å²) in [5.41, 5.74) is 4.71. The summed E-state index contributed by atoms with van der Waals surface area (Å²) in [7, 11) is 3.23. The van der Waals surface area contributed by atoms with E-state index >= 15 is 0 Å². The van der Waals surface area contributed by atoms with Crippen molar-refractivity contribution in [2.75, 3.05) is 14.2 Å². The zero-order valence-electron chi connectivity index (χ0n) is 16.6. The molecule has 30 heavy (non-hydrogen) atoms. The van der Waals surface area contributed by atoms with Crippen LogP contribution >= 0.6 is 15.9 Å². The van der Waals surface area contributed by atoms with Crippen LogP contribution in [-0.4, -0.2) is 26.3 Å². The van der Waals surface area contributed by atoms with Gasteiger partial charge in [0, 0.05) is 15.6 Å². The van der Waals surface area contributed by atoms with E-state index in [1.54, 1.807) is 38.6 Å². The van der Waals surface area contributed by atoms with Crippen LogP contribution in [0.3, 0.4) is 0 Å². The molecule has 6 nitrogen and oxygen atoms in total. The molecule has 0 spiro atoms. The number of halogens is 1. The van der Waals surface area contributed by atoms with Gasteiger partial charge in [-0.3, -0.25) is 4.79 Å². The molecular formula is C23H21BrN2O4. The van der Waals surface area contributed by atoms with Gasteiger partial charge in [0.25, 0.3) is 5.91 Å². The third-order valence-electron chi connectivity index (χ3n) is 4.22. The number of nitrogens with one attached hydrogen (secondary N) is 1. The standard InChI is InChI=1S/C23H21BrN2O4/c1-28-20-7-9-21(10-8-20)30-15-18-12-16(6-11-22(18)29-2)14-25-26-23(27)17-4-3-5-19(24)13-17/h3-14H,15H2,1-2H3,(H,26,27). The third kappa shape index (κ3) is 5.84. The van der Waals surface area contributed by atoms with E-state index in [0.717, 1.165) is 27.1 Å². The normalized spacial score (nSPS) is 10.6. The van der Waals surface area contributed by atoms with Gasteiger partial charge in [-0.2, -0.15) is 5.10 Å². The van der Waals surface area contributed by atoms with Crippen LogP contribution in [-0.2, 0) is 6.61 Å². The second-order valence-corrected chi connectivity index (χ2v) is 7.16. The average molecular weight is 469 g/mol. The van der Waals surface area contributed by atoms with Gasteiger partial charge >= 0.3 is 0 Å². The number of ether oxygens (including phenoxy) is 3. The van der Waals surface area contributed by atoms with Crippen molar-refractivity contribution in [1.29, 1.82) is 0 Å². The van der Waals surface area contributed by atoms with Crippen LogP contribution < -0.4 is 19.6 Å². The maximum Gasteiger partial charge on any atom is 0.271 e. The Kier molecular flexibility index (Phi) is 7.45. The lowest BCUT2D eigenvalue weighted by Gasteiger charge is -2.11. The summed E-state index contributed by atoms with van der Waals surface area (Å²) in [6.45, 7) is 0.321. The Bertz CT molecular complexity index is 1040. The number of amides is 1. The molecule has 1 N–H and O–H groups in total. The lowest BCUT2D eigenvalue weighted by atomic mass is 10.1. The van der Waals surface area contributed by atoms with Gasteiger partial charge in [0.15, 0.2) is 0 Å². The maximum absolute atomic E-state index is 12.2. The zero-order chi connectivity index (χ0) is 21.3. The van der Waals surface area contributed by atoms with Crippen LogP contribution in [0.5, 0.6) is 17.2 Å². The number of benzene rings is 3. The SMILES string of the molecule is COc1ccc(OCc2cc(C=NNC(=O)c3cccc(Br)c3)ccc2OC)cc1. The van der Waals surface area contributed by atoms with Gasteiger partial charge < -0.3 is 14.2 Å². The molecule has 0 aromatic heterocycles. The second-order valence-electron chi connectivity index (χ2n) is 6.24. The first-order valence-electron chi connectivity index (χ1n) is 9.12. The minimum atomic E-state index is -0.288. The highest BCUT2D eigenvalue weighted by atomic mass is 79.9. The molecule has 7 heteroatoms. The Morgan fingerprint density at radius 3 is 2.47 bits per heavy atom. The van der Waals surface area contributed by atoms with Crippen LogP contribution in [0.4, 0.5) is 0 Å². The van der Waals surface area contributed by atoms with Gasteiger partial charge in [0.1, 0.15) is 23.9 Å². The van der Waals surface area contributed by atoms with E-state index in [2.05, 4.69) is 26.5 Å². The van der Waals surface area contributed by atoms with Crippen molar-refractivity contribution in [3.63, 3.8) is 0 Å². The van der Waals surface area contributed by atoms with Crippen LogP contribution in [0.15, 0.2) is 76.3 Å². The average Bonchev–Trinajstić information content (AvgIpc) is 2.78. The van der Waals surface area contributed by atoms with Gasteiger partial charge in [0.2, 0.25) is 0 Å². The lowest BCUT2D eigenvalue weighted by molar-refractivity contribution is 0.0955. The number of hydrogen-bond acceptors (Lipinski definition) is 5. The molecule has 0 heterocycles. The van der Waals surface area contributed by atoms with Gasteiger partial charge in [-0.25, -0.2) is 5.43 Å². The lowest BCUT2D eigenvalue weighted by Crippen LogP contribution is -2.17. The highest BCUT2D eigenvalue weighted by molar-refractivity contribution is 9.10. The fourth-order valence-corrected chi connectivity index (χ4v) is 3.08. The summed E-state index contributed by atoms with van der Waals surface area (Å²) in [6, 6.07) is 20.0. The molecule has 0 aliphatic rings. The van der Waals surface area contributed by atoms with Gasteiger partial charge in [-0.15, -0.1) is 0 Å².